The molecule has 174 valence electrons. The highest BCUT2D eigenvalue weighted by atomic mass is 32.2. The van der Waals surface area contributed by atoms with Crippen molar-refractivity contribution in [1.82, 2.24) is 14.6 Å². The average molecular weight is 484 g/mol. The first-order chi connectivity index (χ1) is 16.5. The van der Waals surface area contributed by atoms with Crippen molar-refractivity contribution in [2.45, 2.75) is 23.0 Å². The summed E-state index contributed by atoms with van der Waals surface area (Å²) < 4.78 is 36.4. The van der Waals surface area contributed by atoms with Crippen molar-refractivity contribution >= 4 is 17.7 Å². The van der Waals surface area contributed by atoms with E-state index in [1.807, 2.05) is 6.07 Å². The van der Waals surface area contributed by atoms with Crippen LogP contribution in [0.4, 0.5) is 8.78 Å². The van der Waals surface area contributed by atoms with Gasteiger partial charge in [-0.1, -0.05) is 12.1 Å². The minimum absolute atomic E-state index is 0.149. The Hall–Kier alpha value is -3.44. The number of halogens is 2. The second kappa shape index (κ2) is 7.81. The number of ether oxygens (including phenoxy) is 1. The molecule has 2 unspecified atom stereocenters. The fourth-order valence-electron chi connectivity index (χ4n) is 4.87. The maximum atomic E-state index is 15.0. The van der Waals surface area contributed by atoms with Gasteiger partial charge in [-0.25, -0.2) is 13.8 Å². The molecular formula is C23H18F2N4O4S. The number of aromatic nitrogens is 2. The Morgan fingerprint density at radius 2 is 2.00 bits per heavy atom. The van der Waals surface area contributed by atoms with Gasteiger partial charge in [0.1, 0.15) is 17.2 Å². The minimum Gasteiger partial charge on any atom is -0.502 e. The molecule has 2 aromatic heterocycles. The molecule has 1 aromatic carbocycles. The summed E-state index contributed by atoms with van der Waals surface area (Å²) in [7, 11) is 0. The number of hydrogen-bond acceptors (Lipinski definition) is 7. The normalized spacial score (nSPS) is 21.3. The number of fused-ring (bicyclic) bond motifs is 4. The molecule has 1 N–H and O–H groups in total. The quantitative estimate of drug-likeness (QED) is 0.568. The molecule has 6 rings (SSSR count). The lowest BCUT2D eigenvalue weighted by Gasteiger charge is -2.51. The third kappa shape index (κ3) is 2.96. The van der Waals surface area contributed by atoms with E-state index < -0.39 is 40.9 Å². The maximum Gasteiger partial charge on any atom is 0.278 e. The Morgan fingerprint density at radius 1 is 1.15 bits per heavy atom. The van der Waals surface area contributed by atoms with E-state index in [-0.39, 0.29) is 30.2 Å². The predicted octanol–water partition coefficient (Wildman–Crippen LogP) is 2.37. The number of morpholine rings is 1. The summed E-state index contributed by atoms with van der Waals surface area (Å²) in [5, 5.41) is 13.0. The molecule has 3 aliphatic heterocycles. The second-order valence-electron chi connectivity index (χ2n) is 8.17. The fourth-order valence-corrected chi connectivity index (χ4v) is 5.92. The Morgan fingerprint density at radius 3 is 2.85 bits per heavy atom. The van der Waals surface area contributed by atoms with E-state index >= 15 is 4.39 Å². The van der Waals surface area contributed by atoms with Crippen LogP contribution in [-0.4, -0.2) is 51.5 Å². The molecule has 3 aromatic rings. The lowest BCUT2D eigenvalue weighted by atomic mass is 9.94. The van der Waals surface area contributed by atoms with Crippen LogP contribution in [0.5, 0.6) is 5.75 Å². The van der Waals surface area contributed by atoms with E-state index in [0.717, 1.165) is 11.6 Å². The van der Waals surface area contributed by atoms with E-state index in [1.165, 1.54) is 39.7 Å². The number of pyridine rings is 2. The van der Waals surface area contributed by atoms with Gasteiger partial charge in [0.25, 0.3) is 5.91 Å². The SMILES string of the molecule is O=C1c2c(O)c(=O)ccn2N(C2c3cccnc3SCc3c2ccc(F)c3F)C2COCCN12. The number of carbonyl (C=O) groups excluding carboxylic acids is 1. The van der Waals surface area contributed by atoms with Crippen molar-refractivity contribution < 1.29 is 23.4 Å². The molecule has 2 atom stereocenters. The van der Waals surface area contributed by atoms with Gasteiger partial charge in [0, 0.05) is 41.9 Å². The summed E-state index contributed by atoms with van der Waals surface area (Å²) in [5.74, 6) is -2.88. The zero-order valence-electron chi connectivity index (χ0n) is 17.6. The van der Waals surface area contributed by atoms with Crippen molar-refractivity contribution in [3.63, 3.8) is 0 Å². The molecule has 0 aliphatic carbocycles. The molecule has 5 heterocycles. The Labute approximate surface area is 196 Å². The van der Waals surface area contributed by atoms with Crippen LogP contribution in [0.25, 0.3) is 0 Å². The van der Waals surface area contributed by atoms with Gasteiger partial charge in [-0.2, -0.15) is 0 Å². The summed E-state index contributed by atoms with van der Waals surface area (Å²) in [6.07, 6.45) is 2.41. The predicted molar refractivity (Wildman–Crippen MR) is 118 cm³/mol. The van der Waals surface area contributed by atoms with Crippen LogP contribution in [0.2, 0.25) is 0 Å². The molecule has 34 heavy (non-hydrogen) atoms. The lowest BCUT2D eigenvalue weighted by Crippen LogP contribution is -2.66. The molecule has 0 saturated carbocycles. The van der Waals surface area contributed by atoms with Gasteiger partial charge in [0.05, 0.1) is 13.2 Å². The highest BCUT2D eigenvalue weighted by molar-refractivity contribution is 7.98. The first-order valence-electron chi connectivity index (χ1n) is 10.6. The van der Waals surface area contributed by atoms with Crippen molar-refractivity contribution in [3.05, 3.63) is 87.0 Å². The number of carbonyl (C=O) groups is 1. The molecule has 0 spiro atoms. The van der Waals surface area contributed by atoms with Gasteiger partial charge in [-0.3, -0.25) is 19.3 Å². The summed E-state index contributed by atoms with van der Waals surface area (Å²) >= 11 is 1.29. The summed E-state index contributed by atoms with van der Waals surface area (Å²) in [6, 6.07) is 6.68. The van der Waals surface area contributed by atoms with E-state index in [0.29, 0.717) is 17.2 Å². The summed E-state index contributed by atoms with van der Waals surface area (Å²) in [4.78, 5) is 31.5. The van der Waals surface area contributed by atoms with Crippen LogP contribution < -0.4 is 10.4 Å². The molecule has 1 amide bonds. The molecule has 8 nitrogen and oxygen atoms in total. The number of amides is 1. The third-order valence-corrected chi connectivity index (χ3v) is 7.46. The van der Waals surface area contributed by atoms with Crippen molar-refractivity contribution in [3.8, 4) is 5.75 Å². The monoisotopic (exact) mass is 484 g/mol. The Kier molecular flexibility index (Phi) is 4.85. The smallest absolute Gasteiger partial charge is 0.278 e. The first kappa shape index (κ1) is 21.1. The Bertz CT molecular complexity index is 1400. The molecule has 1 fully saturated rings. The van der Waals surface area contributed by atoms with Gasteiger partial charge in [-0.05, 0) is 17.7 Å². The zero-order valence-corrected chi connectivity index (χ0v) is 18.5. The second-order valence-corrected chi connectivity index (χ2v) is 9.14. The van der Waals surface area contributed by atoms with Gasteiger partial charge in [-0.15, -0.1) is 11.8 Å². The topological polar surface area (TPSA) is 87.9 Å². The summed E-state index contributed by atoms with van der Waals surface area (Å²) in [5.41, 5.74) is 0.554. The van der Waals surface area contributed by atoms with E-state index in [9.17, 15) is 19.1 Å². The van der Waals surface area contributed by atoms with Crippen molar-refractivity contribution in [2.24, 2.45) is 0 Å². The van der Waals surface area contributed by atoms with Gasteiger partial charge >= 0.3 is 0 Å². The third-order valence-electron chi connectivity index (χ3n) is 6.41. The molecule has 0 radical (unpaired) electrons. The average Bonchev–Trinajstić information content (AvgIpc) is 3.01. The van der Waals surface area contributed by atoms with Gasteiger partial charge in [0.15, 0.2) is 23.1 Å². The van der Waals surface area contributed by atoms with Crippen LogP contribution in [-0.2, 0) is 10.5 Å². The first-order valence-corrected chi connectivity index (χ1v) is 11.6. The van der Waals surface area contributed by atoms with E-state index in [1.54, 1.807) is 17.3 Å². The van der Waals surface area contributed by atoms with Crippen LogP contribution in [0, 0.1) is 11.6 Å². The molecule has 11 heteroatoms. The highest BCUT2D eigenvalue weighted by Gasteiger charge is 2.46. The van der Waals surface area contributed by atoms with Crippen molar-refractivity contribution in [2.75, 3.05) is 24.8 Å². The van der Waals surface area contributed by atoms with Crippen LogP contribution >= 0.6 is 11.8 Å². The van der Waals surface area contributed by atoms with Gasteiger partial charge < -0.3 is 14.7 Å². The standard InChI is InChI=1S/C23H18F2N4O4S/c24-15-4-3-12-14(18(15)25)11-34-22-13(2-1-6-26-22)19(12)29-17-10-33-9-8-27(17)23(32)20-21(31)16(30)5-7-28(20)29/h1-7,17,19,31H,8-11H2. The minimum atomic E-state index is -0.949. The largest absolute Gasteiger partial charge is 0.502 e. The molecule has 0 bridgehead atoms. The lowest BCUT2D eigenvalue weighted by molar-refractivity contribution is -0.0198. The highest BCUT2D eigenvalue weighted by Crippen LogP contribution is 2.44. The number of thioether (sulfide) groups is 1. The van der Waals surface area contributed by atoms with Crippen LogP contribution in [0.15, 0.2) is 52.5 Å². The number of benzene rings is 1. The molecule has 3 aliphatic rings. The van der Waals surface area contributed by atoms with E-state index in [2.05, 4.69) is 4.98 Å². The summed E-state index contributed by atoms with van der Waals surface area (Å²) in [6.45, 7) is 0.688. The number of rotatable bonds is 1. The van der Waals surface area contributed by atoms with E-state index in [4.69, 9.17) is 4.74 Å². The van der Waals surface area contributed by atoms with Crippen LogP contribution in [0.3, 0.4) is 0 Å². The van der Waals surface area contributed by atoms with Crippen molar-refractivity contribution in [1.29, 1.82) is 0 Å². The number of nitrogens with zero attached hydrogens (tertiary/aromatic N) is 4. The number of aromatic hydroxyl groups is 1. The maximum absolute atomic E-state index is 15.0. The molecular weight excluding hydrogens is 466 g/mol. The zero-order chi connectivity index (χ0) is 23.6. The number of hydrogen-bond donors (Lipinski definition) is 1. The van der Waals surface area contributed by atoms with Crippen LogP contribution in [0.1, 0.15) is 33.2 Å². The van der Waals surface area contributed by atoms with Gasteiger partial charge in [0.2, 0.25) is 5.43 Å². The fraction of sp³-hybridized carbons (Fsp3) is 0.261. The molecule has 1 saturated heterocycles. The Balaban J connectivity index is 1.67.